The van der Waals surface area contributed by atoms with Crippen LogP contribution >= 0.6 is 0 Å². The molecule has 3 aliphatic carbocycles. The van der Waals surface area contributed by atoms with Crippen LogP contribution in [0, 0.1) is 12.3 Å². The van der Waals surface area contributed by atoms with Gasteiger partial charge in [-0.05, 0) is 57.7 Å². The van der Waals surface area contributed by atoms with Gasteiger partial charge < -0.3 is 15.9 Å². The Labute approximate surface area is 221 Å². The van der Waals surface area contributed by atoms with Crippen molar-refractivity contribution in [2.75, 3.05) is 5.73 Å². The maximum atomic E-state index is 13.2. The summed E-state index contributed by atoms with van der Waals surface area (Å²) >= 11 is 0. The predicted octanol–water partition coefficient (Wildman–Crippen LogP) is 2.22. The minimum Gasteiger partial charge on any atom is -0.475 e. The van der Waals surface area contributed by atoms with Gasteiger partial charge in [0.2, 0.25) is 10.0 Å². The number of carboxylic acids is 1. The largest absolute Gasteiger partial charge is 0.490 e. The van der Waals surface area contributed by atoms with Crippen molar-refractivity contribution in [3.8, 4) is 17.1 Å². The van der Waals surface area contributed by atoms with Gasteiger partial charge in [0.15, 0.2) is 11.6 Å². The second-order valence-corrected chi connectivity index (χ2v) is 12.0. The minimum absolute atomic E-state index is 0.154. The van der Waals surface area contributed by atoms with Gasteiger partial charge in [-0.25, -0.2) is 32.9 Å². The number of nitrogens with one attached hydrogen (secondary N) is 1. The maximum absolute atomic E-state index is 13.2. The zero-order valence-electron chi connectivity index (χ0n) is 21.1. The van der Waals surface area contributed by atoms with Crippen molar-refractivity contribution in [2.24, 2.45) is 5.41 Å². The van der Waals surface area contributed by atoms with Crippen LogP contribution < -0.4 is 10.5 Å². The summed E-state index contributed by atoms with van der Waals surface area (Å²) in [5.74, 6) is -2.25. The van der Waals surface area contributed by atoms with Gasteiger partial charge in [-0.2, -0.15) is 23.0 Å². The summed E-state index contributed by atoms with van der Waals surface area (Å²) in [4.78, 5) is 21.7. The first-order valence-electron chi connectivity index (χ1n) is 11.5. The third kappa shape index (κ3) is 5.31. The lowest BCUT2D eigenvalue weighted by Gasteiger charge is -2.74. The van der Waals surface area contributed by atoms with Crippen molar-refractivity contribution in [1.82, 2.24) is 29.5 Å². The number of anilines is 1. The molecule has 3 aromatic rings. The lowest BCUT2D eigenvalue weighted by molar-refractivity contribution is -0.244. The third-order valence-electron chi connectivity index (χ3n) is 7.13. The molecule has 0 aliphatic heterocycles. The summed E-state index contributed by atoms with van der Waals surface area (Å²) in [5, 5.41) is 21.5. The normalized spacial score (nSPS) is 22.2. The first-order chi connectivity index (χ1) is 17.9. The van der Waals surface area contributed by atoms with Gasteiger partial charge in [0.1, 0.15) is 12.7 Å². The summed E-state index contributed by atoms with van der Waals surface area (Å²) in [7, 11) is -3.75. The number of carbonyl (C=O) groups is 1. The highest BCUT2D eigenvalue weighted by atomic mass is 32.2. The topological polar surface area (TPSA) is 186 Å². The molecule has 0 atom stereocenters. The van der Waals surface area contributed by atoms with Gasteiger partial charge in [-0.15, -0.1) is 0 Å². The number of halogens is 3. The summed E-state index contributed by atoms with van der Waals surface area (Å²) in [5.41, 5.74) is 6.43. The van der Waals surface area contributed by atoms with Crippen LogP contribution in [0.2, 0.25) is 0 Å². The molecule has 2 heterocycles. The summed E-state index contributed by atoms with van der Waals surface area (Å²) in [6.45, 7) is 5.46. The number of nitrogens with two attached hydrogens (primary N) is 1. The standard InChI is InChI=1S/C21H25N7O3S.C2HF3O2/c1-13-4-5-14(32(30,31)27-21-8-20(9-21,10-21)19(2,3)29)6-15(13)16-7-24-17(22)18(26-16)28-12-23-11-25-28;3-2(4,5)1(6)7/h4-7,11-12,27,29H,8-10H2,1-3H3,(H2,22,24);(H,6,7). The number of benzene rings is 1. The average Bonchev–Trinajstić information content (AvgIpc) is 3.29. The molecule has 210 valence electrons. The summed E-state index contributed by atoms with van der Waals surface area (Å²) in [6.07, 6.45) is 1.19. The summed E-state index contributed by atoms with van der Waals surface area (Å²) in [6, 6.07) is 4.93. The molecule has 0 unspecified atom stereocenters. The maximum Gasteiger partial charge on any atom is 0.490 e. The Balaban J connectivity index is 0.000000448. The molecule has 5 N–H and O–H groups in total. The van der Waals surface area contributed by atoms with Crippen LogP contribution in [0.5, 0.6) is 0 Å². The fourth-order valence-electron chi connectivity index (χ4n) is 4.94. The Kier molecular flexibility index (Phi) is 6.72. The third-order valence-corrected chi connectivity index (χ3v) is 8.71. The number of alkyl halides is 3. The van der Waals surface area contributed by atoms with E-state index in [0.29, 0.717) is 36.3 Å². The highest BCUT2D eigenvalue weighted by Crippen LogP contribution is 2.71. The molecule has 2 bridgehead atoms. The van der Waals surface area contributed by atoms with Crippen LogP contribution in [-0.4, -0.2) is 66.6 Å². The van der Waals surface area contributed by atoms with Crippen molar-refractivity contribution in [3.05, 3.63) is 42.6 Å². The number of aliphatic hydroxyl groups is 1. The van der Waals surface area contributed by atoms with Gasteiger partial charge in [-0.3, -0.25) is 0 Å². The first kappa shape index (κ1) is 28.4. The van der Waals surface area contributed by atoms with Crippen molar-refractivity contribution in [2.45, 2.75) is 62.2 Å². The van der Waals surface area contributed by atoms with Gasteiger partial charge in [0.25, 0.3) is 0 Å². The fourth-order valence-corrected chi connectivity index (χ4v) is 6.36. The predicted molar refractivity (Wildman–Crippen MR) is 131 cm³/mol. The Morgan fingerprint density at radius 3 is 2.33 bits per heavy atom. The van der Waals surface area contributed by atoms with Crippen LogP contribution in [-0.2, 0) is 14.8 Å². The van der Waals surface area contributed by atoms with Crippen molar-refractivity contribution in [1.29, 1.82) is 0 Å². The van der Waals surface area contributed by atoms with Crippen molar-refractivity contribution >= 4 is 21.8 Å². The second kappa shape index (κ2) is 9.24. The summed E-state index contributed by atoms with van der Waals surface area (Å²) < 4.78 is 62.4. The first-order valence-corrected chi connectivity index (χ1v) is 13.0. The quantitative estimate of drug-likeness (QED) is 0.343. The van der Waals surface area contributed by atoms with Gasteiger partial charge >= 0.3 is 12.1 Å². The average molecular weight is 570 g/mol. The van der Waals surface area contributed by atoms with E-state index in [-0.39, 0.29) is 16.1 Å². The van der Waals surface area contributed by atoms with Gasteiger partial charge in [0, 0.05) is 16.5 Å². The molecule has 0 saturated heterocycles. The zero-order valence-corrected chi connectivity index (χ0v) is 21.9. The van der Waals surface area contributed by atoms with Crippen molar-refractivity contribution in [3.63, 3.8) is 0 Å². The lowest BCUT2D eigenvalue weighted by atomic mass is 9.35. The molecule has 1 aromatic carbocycles. The van der Waals surface area contributed by atoms with Crippen LogP contribution in [0.4, 0.5) is 19.0 Å². The molecule has 0 spiro atoms. The van der Waals surface area contributed by atoms with E-state index >= 15 is 0 Å². The number of hydrogen-bond acceptors (Lipinski definition) is 9. The molecule has 3 aliphatic rings. The molecule has 16 heteroatoms. The molecule has 3 saturated carbocycles. The molecular weight excluding hydrogens is 543 g/mol. The SMILES string of the molecule is Cc1ccc(S(=O)(=O)NC23CC(C(C)(C)O)(C2)C3)cc1-c1cnc(N)c(-n2cncn2)n1.O=C(O)C(F)(F)F. The second-order valence-electron chi connectivity index (χ2n) is 10.3. The van der Waals surface area contributed by atoms with Gasteiger partial charge in [-0.1, -0.05) is 6.07 Å². The number of hydrogen-bond donors (Lipinski definition) is 4. The van der Waals surface area contributed by atoms with E-state index in [1.807, 2.05) is 6.92 Å². The van der Waals surface area contributed by atoms with Crippen LogP contribution in [0.15, 0.2) is 41.9 Å². The van der Waals surface area contributed by atoms with Crippen LogP contribution in [0.1, 0.15) is 38.7 Å². The highest BCUT2D eigenvalue weighted by molar-refractivity contribution is 7.89. The van der Waals surface area contributed by atoms with Crippen LogP contribution in [0.3, 0.4) is 0 Å². The van der Waals surface area contributed by atoms with Crippen molar-refractivity contribution < 1.29 is 36.6 Å². The Morgan fingerprint density at radius 2 is 1.82 bits per heavy atom. The van der Waals surface area contributed by atoms with Gasteiger partial charge in [0.05, 0.1) is 22.4 Å². The number of sulfonamides is 1. The van der Waals surface area contributed by atoms with E-state index in [9.17, 15) is 26.7 Å². The number of nitrogens with zero attached hydrogens (tertiary/aromatic N) is 5. The monoisotopic (exact) mass is 569 g/mol. The number of aryl methyl sites for hydroxylation is 1. The minimum atomic E-state index is -5.08. The molecule has 3 fully saturated rings. The molecule has 2 aromatic heterocycles. The Hall–Kier alpha value is -3.63. The Bertz CT molecular complexity index is 1500. The molecule has 6 rings (SSSR count). The lowest BCUT2D eigenvalue weighted by Crippen LogP contribution is -2.79. The smallest absolute Gasteiger partial charge is 0.475 e. The molecule has 39 heavy (non-hydrogen) atoms. The van der Waals surface area contributed by atoms with E-state index in [2.05, 4.69) is 24.8 Å². The number of aromatic nitrogens is 5. The van der Waals surface area contributed by atoms with E-state index in [1.54, 1.807) is 32.0 Å². The van der Waals surface area contributed by atoms with E-state index in [0.717, 1.165) is 5.56 Å². The number of carboxylic acid groups (broad SMARTS) is 1. The van der Waals surface area contributed by atoms with Crippen LogP contribution in [0.25, 0.3) is 17.1 Å². The number of aliphatic carboxylic acids is 1. The molecule has 0 radical (unpaired) electrons. The Morgan fingerprint density at radius 1 is 1.21 bits per heavy atom. The molecule has 12 nitrogen and oxygen atoms in total. The molecule has 0 amide bonds. The van der Waals surface area contributed by atoms with E-state index in [4.69, 9.17) is 15.6 Å². The number of nitrogen functional groups attached to an aromatic ring is 1. The fraction of sp³-hybridized carbons (Fsp3) is 0.435. The zero-order chi connectivity index (χ0) is 29.0. The van der Waals surface area contributed by atoms with E-state index in [1.165, 1.54) is 23.5 Å². The highest BCUT2D eigenvalue weighted by Gasteiger charge is 2.73. The number of rotatable bonds is 6. The van der Waals surface area contributed by atoms with E-state index < -0.39 is 33.3 Å². The molecular formula is C23H26F3N7O5S.